The van der Waals surface area contributed by atoms with E-state index in [1.54, 1.807) is 34.9 Å². The topological polar surface area (TPSA) is 20.3 Å². The molecule has 3 rings (SSSR count). The molecule has 0 aromatic heterocycles. The Labute approximate surface area is 128 Å². The zero-order chi connectivity index (χ0) is 14.8. The fourth-order valence-electron chi connectivity index (χ4n) is 2.50. The number of fused-ring (bicyclic) bond motifs is 1. The van der Waals surface area contributed by atoms with Crippen molar-refractivity contribution in [1.29, 1.82) is 0 Å². The molecule has 0 fully saturated rings. The first-order valence-electron chi connectivity index (χ1n) is 6.94. The number of carbonyl (C=O) groups excluding carboxylic acids is 1. The quantitative estimate of drug-likeness (QED) is 0.827. The summed E-state index contributed by atoms with van der Waals surface area (Å²) in [5.74, 6) is -0.226. The third kappa shape index (κ3) is 2.95. The zero-order valence-corrected chi connectivity index (χ0v) is 12.6. The minimum absolute atomic E-state index is 0.0446. The molecule has 108 valence electrons. The average molecular weight is 301 g/mol. The van der Waals surface area contributed by atoms with E-state index in [9.17, 15) is 9.18 Å². The van der Waals surface area contributed by atoms with E-state index in [1.807, 2.05) is 31.2 Å². The highest BCUT2D eigenvalue weighted by atomic mass is 32.2. The Morgan fingerprint density at radius 2 is 1.90 bits per heavy atom. The number of rotatable bonds is 2. The highest BCUT2D eigenvalue weighted by Gasteiger charge is 2.26. The van der Waals surface area contributed by atoms with Gasteiger partial charge in [-0.05, 0) is 18.2 Å². The first kappa shape index (κ1) is 14.1. The van der Waals surface area contributed by atoms with Crippen molar-refractivity contribution in [3.8, 4) is 0 Å². The van der Waals surface area contributed by atoms with Crippen LogP contribution in [0.3, 0.4) is 0 Å². The summed E-state index contributed by atoms with van der Waals surface area (Å²) >= 11 is 1.70. The molecule has 1 aliphatic heterocycles. The van der Waals surface area contributed by atoms with Crippen molar-refractivity contribution in [2.24, 2.45) is 0 Å². The molecule has 1 atom stereocenters. The van der Waals surface area contributed by atoms with Gasteiger partial charge in [0.05, 0.1) is 12.2 Å². The van der Waals surface area contributed by atoms with Crippen molar-refractivity contribution in [3.63, 3.8) is 0 Å². The van der Waals surface area contributed by atoms with Crippen LogP contribution in [-0.4, -0.2) is 11.2 Å². The number of benzene rings is 2. The highest BCUT2D eigenvalue weighted by molar-refractivity contribution is 8.00. The number of nitrogens with zero attached hydrogens (tertiary/aromatic N) is 1. The van der Waals surface area contributed by atoms with Gasteiger partial charge in [0.25, 0.3) is 0 Å². The SMILES string of the molecule is CC1CC(=O)N(Cc2ccccc2F)c2ccccc2S1. The van der Waals surface area contributed by atoms with Crippen LogP contribution in [0.25, 0.3) is 0 Å². The maximum atomic E-state index is 13.9. The van der Waals surface area contributed by atoms with Gasteiger partial charge in [0.1, 0.15) is 5.82 Å². The summed E-state index contributed by atoms with van der Waals surface area (Å²) in [6, 6.07) is 14.4. The molecule has 0 radical (unpaired) electrons. The molecule has 2 aromatic rings. The van der Waals surface area contributed by atoms with Gasteiger partial charge in [0.2, 0.25) is 5.91 Å². The van der Waals surface area contributed by atoms with Crippen molar-refractivity contribution in [2.45, 2.75) is 30.0 Å². The van der Waals surface area contributed by atoms with Gasteiger partial charge in [-0.1, -0.05) is 37.3 Å². The van der Waals surface area contributed by atoms with Gasteiger partial charge in [0.15, 0.2) is 0 Å². The third-order valence-electron chi connectivity index (χ3n) is 3.53. The van der Waals surface area contributed by atoms with Gasteiger partial charge >= 0.3 is 0 Å². The molecule has 2 nitrogen and oxygen atoms in total. The maximum absolute atomic E-state index is 13.9. The van der Waals surface area contributed by atoms with Crippen LogP contribution in [0.5, 0.6) is 0 Å². The van der Waals surface area contributed by atoms with E-state index < -0.39 is 0 Å². The Balaban J connectivity index is 2.00. The average Bonchev–Trinajstić information content (AvgIpc) is 2.58. The van der Waals surface area contributed by atoms with Crippen molar-refractivity contribution in [3.05, 3.63) is 59.9 Å². The lowest BCUT2D eigenvalue weighted by Crippen LogP contribution is -2.31. The number of para-hydroxylation sites is 1. The molecule has 1 unspecified atom stereocenters. The highest BCUT2D eigenvalue weighted by Crippen LogP contribution is 2.38. The molecule has 0 bridgehead atoms. The van der Waals surface area contributed by atoms with E-state index in [0.717, 1.165) is 10.6 Å². The molecule has 1 heterocycles. The van der Waals surface area contributed by atoms with Gasteiger partial charge < -0.3 is 4.90 Å². The monoisotopic (exact) mass is 301 g/mol. The van der Waals surface area contributed by atoms with Crippen LogP contribution in [-0.2, 0) is 11.3 Å². The second kappa shape index (κ2) is 5.90. The summed E-state index contributed by atoms with van der Waals surface area (Å²) in [7, 11) is 0. The number of carbonyl (C=O) groups is 1. The van der Waals surface area contributed by atoms with E-state index in [-0.39, 0.29) is 23.5 Å². The molecule has 2 aromatic carbocycles. The van der Waals surface area contributed by atoms with Gasteiger partial charge in [-0.3, -0.25) is 4.79 Å². The summed E-state index contributed by atoms with van der Waals surface area (Å²) in [5, 5.41) is 0.226. The fourth-order valence-corrected chi connectivity index (χ4v) is 3.61. The van der Waals surface area contributed by atoms with Crippen molar-refractivity contribution in [2.75, 3.05) is 4.90 Å². The van der Waals surface area contributed by atoms with E-state index in [4.69, 9.17) is 0 Å². The number of hydrogen-bond acceptors (Lipinski definition) is 2. The maximum Gasteiger partial charge on any atom is 0.228 e. The fraction of sp³-hybridized carbons (Fsp3) is 0.235. The number of thioether (sulfide) groups is 1. The second-order valence-electron chi connectivity index (χ2n) is 5.17. The number of halogens is 1. The first-order valence-corrected chi connectivity index (χ1v) is 7.82. The number of anilines is 1. The van der Waals surface area contributed by atoms with Gasteiger partial charge in [0, 0.05) is 22.1 Å². The van der Waals surface area contributed by atoms with Gasteiger partial charge in [-0.25, -0.2) is 4.39 Å². The molecule has 1 aliphatic rings. The predicted octanol–water partition coefficient (Wildman–Crippen LogP) is 4.24. The smallest absolute Gasteiger partial charge is 0.228 e. The molecular formula is C17H16FNOS. The minimum atomic E-state index is -0.271. The lowest BCUT2D eigenvalue weighted by Gasteiger charge is -2.23. The lowest BCUT2D eigenvalue weighted by molar-refractivity contribution is -0.118. The van der Waals surface area contributed by atoms with E-state index in [0.29, 0.717) is 12.0 Å². The summed E-state index contributed by atoms with van der Waals surface area (Å²) in [4.78, 5) is 15.3. The van der Waals surface area contributed by atoms with Crippen LogP contribution in [0.4, 0.5) is 10.1 Å². The van der Waals surface area contributed by atoms with Crippen molar-refractivity contribution < 1.29 is 9.18 Å². The first-order chi connectivity index (χ1) is 10.1. The van der Waals surface area contributed by atoms with Crippen LogP contribution < -0.4 is 4.90 Å². The van der Waals surface area contributed by atoms with Crippen LogP contribution in [0.15, 0.2) is 53.4 Å². The second-order valence-corrected chi connectivity index (χ2v) is 6.65. The van der Waals surface area contributed by atoms with E-state index in [1.165, 1.54) is 6.07 Å². The molecule has 0 saturated carbocycles. The normalized spacial score (nSPS) is 18.3. The van der Waals surface area contributed by atoms with Crippen LogP contribution in [0, 0.1) is 5.82 Å². The Morgan fingerprint density at radius 1 is 1.19 bits per heavy atom. The predicted molar refractivity (Wildman–Crippen MR) is 84.0 cm³/mol. The molecule has 4 heteroatoms. The molecule has 1 amide bonds. The summed E-state index contributed by atoms with van der Waals surface area (Å²) in [5.41, 5.74) is 1.42. The largest absolute Gasteiger partial charge is 0.307 e. The Kier molecular flexibility index (Phi) is 3.97. The van der Waals surface area contributed by atoms with E-state index >= 15 is 0 Å². The summed E-state index contributed by atoms with van der Waals surface area (Å²) < 4.78 is 13.9. The standard InChI is InChI=1S/C17H16FNOS/c1-12-10-17(20)19(11-13-6-2-3-7-14(13)18)15-8-4-5-9-16(15)21-12/h2-9,12H,10-11H2,1H3. The third-order valence-corrected chi connectivity index (χ3v) is 4.70. The zero-order valence-electron chi connectivity index (χ0n) is 11.8. The molecule has 0 spiro atoms. The van der Waals surface area contributed by atoms with Gasteiger partial charge in [-0.15, -0.1) is 11.8 Å². The van der Waals surface area contributed by atoms with Crippen LogP contribution in [0.2, 0.25) is 0 Å². The Morgan fingerprint density at radius 3 is 2.71 bits per heavy atom. The van der Waals surface area contributed by atoms with Crippen molar-refractivity contribution >= 4 is 23.4 Å². The molecule has 0 aliphatic carbocycles. The lowest BCUT2D eigenvalue weighted by atomic mass is 10.1. The molecule has 0 saturated heterocycles. The molecule has 0 N–H and O–H groups in total. The Bertz CT molecular complexity index is 673. The number of amides is 1. The molecule has 21 heavy (non-hydrogen) atoms. The minimum Gasteiger partial charge on any atom is -0.307 e. The van der Waals surface area contributed by atoms with Crippen LogP contribution >= 0.6 is 11.8 Å². The summed E-state index contributed by atoms with van der Waals surface area (Å²) in [6.45, 7) is 2.32. The molecular weight excluding hydrogens is 285 g/mol. The van der Waals surface area contributed by atoms with E-state index in [2.05, 4.69) is 0 Å². The van der Waals surface area contributed by atoms with Crippen molar-refractivity contribution in [1.82, 2.24) is 0 Å². The van der Waals surface area contributed by atoms with Crippen LogP contribution in [0.1, 0.15) is 18.9 Å². The van der Waals surface area contributed by atoms with Gasteiger partial charge in [-0.2, -0.15) is 0 Å². The number of hydrogen-bond donors (Lipinski definition) is 0. The summed E-state index contributed by atoms with van der Waals surface area (Å²) in [6.07, 6.45) is 0.466. The Hall–Kier alpha value is -1.81.